The summed E-state index contributed by atoms with van der Waals surface area (Å²) in [7, 11) is 1.49. The van der Waals surface area contributed by atoms with E-state index in [4.69, 9.17) is 15.2 Å². The second-order valence-electron chi connectivity index (χ2n) is 4.15. The van der Waals surface area contributed by atoms with Gasteiger partial charge in [0.2, 0.25) is 0 Å². The molecule has 2 N–H and O–H groups in total. The second-order valence-corrected chi connectivity index (χ2v) is 5.00. The highest BCUT2D eigenvalue weighted by atomic mass is 79.9. The van der Waals surface area contributed by atoms with E-state index in [9.17, 15) is 13.2 Å². The summed E-state index contributed by atoms with van der Waals surface area (Å²) in [6.45, 7) is 0. The maximum atomic E-state index is 12.6. The summed E-state index contributed by atoms with van der Waals surface area (Å²) < 4.78 is 48.5. The van der Waals surface area contributed by atoms with Crippen LogP contribution < -0.4 is 15.2 Å². The third kappa shape index (κ3) is 3.60. The minimum Gasteiger partial charge on any atom is -0.497 e. The van der Waals surface area contributed by atoms with Gasteiger partial charge < -0.3 is 15.2 Å². The molecule has 2 aromatic rings. The van der Waals surface area contributed by atoms with Gasteiger partial charge in [-0.2, -0.15) is 13.2 Å². The molecule has 0 saturated carbocycles. The molecule has 0 amide bonds. The van der Waals surface area contributed by atoms with Gasteiger partial charge in [0.1, 0.15) is 11.5 Å². The molecule has 112 valence electrons. The molecule has 0 aliphatic heterocycles. The van der Waals surface area contributed by atoms with Crippen molar-refractivity contribution in [1.29, 1.82) is 0 Å². The predicted octanol–water partition coefficient (Wildman–Crippen LogP) is 4.85. The third-order valence-corrected chi connectivity index (χ3v) is 3.32. The van der Waals surface area contributed by atoms with Crippen molar-refractivity contribution in [3.05, 3.63) is 46.4 Å². The summed E-state index contributed by atoms with van der Waals surface area (Å²) >= 11 is 3.06. The van der Waals surface area contributed by atoms with E-state index in [1.807, 2.05) is 0 Å². The van der Waals surface area contributed by atoms with Crippen LogP contribution in [0.15, 0.2) is 40.9 Å². The highest BCUT2D eigenvalue weighted by Gasteiger charge is 2.31. The number of alkyl halides is 3. The van der Waals surface area contributed by atoms with Crippen molar-refractivity contribution in [2.75, 3.05) is 12.8 Å². The molecular formula is C14H11BrF3NO2. The Morgan fingerprint density at radius 1 is 1.05 bits per heavy atom. The zero-order chi connectivity index (χ0) is 15.6. The number of benzene rings is 2. The Labute approximate surface area is 127 Å². The number of ether oxygens (including phenoxy) is 2. The Bertz CT molecular complexity index is 659. The fraction of sp³-hybridized carbons (Fsp3) is 0.143. The van der Waals surface area contributed by atoms with E-state index in [0.29, 0.717) is 17.2 Å². The maximum Gasteiger partial charge on any atom is 0.416 e. The molecule has 0 aromatic heterocycles. The molecule has 0 unspecified atom stereocenters. The van der Waals surface area contributed by atoms with Gasteiger partial charge in [0.15, 0.2) is 5.75 Å². The molecule has 0 saturated heterocycles. The third-order valence-electron chi connectivity index (χ3n) is 2.70. The van der Waals surface area contributed by atoms with Crippen molar-refractivity contribution in [2.24, 2.45) is 0 Å². The Balaban J connectivity index is 2.32. The van der Waals surface area contributed by atoms with Crippen molar-refractivity contribution in [2.45, 2.75) is 6.18 Å². The van der Waals surface area contributed by atoms with E-state index in [0.717, 1.165) is 12.1 Å². The smallest absolute Gasteiger partial charge is 0.416 e. The van der Waals surface area contributed by atoms with E-state index in [2.05, 4.69) is 15.9 Å². The van der Waals surface area contributed by atoms with Gasteiger partial charge in [-0.3, -0.25) is 0 Å². The van der Waals surface area contributed by atoms with Crippen LogP contribution in [0.25, 0.3) is 0 Å². The Hall–Kier alpha value is -1.89. The summed E-state index contributed by atoms with van der Waals surface area (Å²) in [5.41, 5.74) is 5.35. The molecule has 0 radical (unpaired) electrons. The lowest BCUT2D eigenvalue weighted by Gasteiger charge is -2.13. The second kappa shape index (κ2) is 5.85. The molecule has 0 aliphatic carbocycles. The summed E-state index contributed by atoms with van der Waals surface area (Å²) in [5.74, 6) is 1.06. The lowest BCUT2D eigenvalue weighted by atomic mass is 10.2. The predicted molar refractivity (Wildman–Crippen MR) is 76.6 cm³/mol. The van der Waals surface area contributed by atoms with Crippen LogP contribution in [0.2, 0.25) is 0 Å². The molecule has 7 heteroatoms. The average molecular weight is 362 g/mol. The Kier molecular flexibility index (Phi) is 4.32. The number of hydrogen-bond acceptors (Lipinski definition) is 3. The summed E-state index contributed by atoms with van der Waals surface area (Å²) in [4.78, 5) is 0. The van der Waals surface area contributed by atoms with Crippen molar-refractivity contribution in [1.82, 2.24) is 0 Å². The average Bonchev–Trinajstić information content (AvgIpc) is 2.42. The van der Waals surface area contributed by atoms with Gasteiger partial charge in [-0.05, 0) is 46.3 Å². The maximum absolute atomic E-state index is 12.6. The van der Waals surface area contributed by atoms with Gasteiger partial charge in [0.25, 0.3) is 0 Å². The minimum atomic E-state index is -4.41. The number of nitrogens with two attached hydrogens (primary N) is 1. The number of rotatable bonds is 3. The molecule has 2 aromatic carbocycles. The number of methoxy groups -OCH3 is 1. The largest absolute Gasteiger partial charge is 0.497 e. The van der Waals surface area contributed by atoms with Crippen LogP contribution in [0.1, 0.15) is 5.56 Å². The van der Waals surface area contributed by atoms with Crippen LogP contribution in [0, 0.1) is 0 Å². The monoisotopic (exact) mass is 361 g/mol. The molecule has 0 atom stereocenters. The van der Waals surface area contributed by atoms with E-state index in [1.54, 1.807) is 18.2 Å². The quantitative estimate of drug-likeness (QED) is 0.794. The SMILES string of the molecule is COc1ccc(N)c(Oc2ccc(C(F)(F)F)cc2Br)c1. The Morgan fingerprint density at radius 3 is 2.33 bits per heavy atom. The standard InChI is InChI=1S/C14H11BrF3NO2/c1-20-9-3-4-11(19)13(7-9)21-12-5-2-8(6-10(12)15)14(16,17)18/h2-7H,19H2,1H3. The van der Waals surface area contributed by atoms with Gasteiger partial charge >= 0.3 is 6.18 Å². The summed E-state index contributed by atoms with van der Waals surface area (Å²) in [6, 6.07) is 7.92. The van der Waals surface area contributed by atoms with Crippen molar-refractivity contribution < 1.29 is 22.6 Å². The molecule has 2 rings (SSSR count). The summed E-state index contributed by atoms with van der Waals surface area (Å²) in [5, 5.41) is 0. The van der Waals surface area contributed by atoms with Crippen LogP contribution in [0.5, 0.6) is 17.2 Å². The fourth-order valence-electron chi connectivity index (χ4n) is 1.61. The molecule has 0 fully saturated rings. The first-order chi connectivity index (χ1) is 9.81. The zero-order valence-corrected chi connectivity index (χ0v) is 12.5. The van der Waals surface area contributed by atoms with Gasteiger partial charge in [-0.1, -0.05) is 0 Å². The number of hydrogen-bond donors (Lipinski definition) is 1. The number of halogens is 4. The lowest BCUT2D eigenvalue weighted by Crippen LogP contribution is -2.04. The number of anilines is 1. The van der Waals surface area contributed by atoms with Crippen molar-refractivity contribution >= 4 is 21.6 Å². The minimum absolute atomic E-state index is 0.180. The van der Waals surface area contributed by atoms with E-state index in [-0.39, 0.29) is 10.2 Å². The van der Waals surface area contributed by atoms with Crippen LogP contribution >= 0.6 is 15.9 Å². The van der Waals surface area contributed by atoms with Gasteiger partial charge in [-0.15, -0.1) is 0 Å². The first-order valence-corrected chi connectivity index (χ1v) is 6.58. The fourth-order valence-corrected chi connectivity index (χ4v) is 2.07. The normalized spacial score (nSPS) is 11.3. The molecular weight excluding hydrogens is 351 g/mol. The van der Waals surface area contributed by atoms with Gasteiger partial charge in [0, 0.05) is 6.07 Å². The van der Waals surface area contributed by atoms with E-state index >= 15 is 0 Å². The Morgan fingerprint density at radius 2 is 1.76 bits per heavy atom. The van der Waals surface area contributed by atoms with Crippen LogP contribution in [0.3, 0.4) is 0 Å². The van der Waals surface area contributed by atoms with Gasteiger partial charge in [0.05, 0.1) is 22.8 Å². The molecule has 21 heavy (non-hydrogen) atoms. The molecule has 0 bridgehead atoms. The molecule has 3 nitrogen and oxygen atoms in total. The lowest BCUT2D eigenvalue weighted by molar-refractivity contribution is -0.137. The molecule has 0 aliphatic rings. The topological polar surface area (TPSA) is 44.5 Å². The van der Waals surface area contributed by atoms with E-state index < -0.39 is 11.7 Å². The molecule has 0 heterocycles. The van der Waals surface area contributed by atoms with Gasteiger partial charge in [-0.25, -0.2) is 0 Å². The van der Waals surface area contributed by atoms with Crippen molar-refractivity contribution in [3.63, 3.8) is 0 Å². The van der Waals surface area contributed by atoms with E-state index in [1.165, 1.54) is 13.2 Å². The number of nitrogen functional groups attached to an aromatic ring is 1. The first-order valence-electron chi connectivity index (χ1n) is 5.79. The first kappa shape index (κ1) is 15.5. The van der Waals surface area contributed by atoms with Crippen LogP contribution in [0.4, 0.5) is 18.9 Å². The van der Waals surface area contributed by atoms with Crippen LogP contribution in [-0.4, -0.2) is 7.11 Å². The molecule has 0 spiro atoms. The summed E-state index contributed by atoms with van der Waals surface area (Å²) in [6.07, 6.45) is -4.41. The highest BCUT2D eigenvalue weighted by molar-refractivity contribution is 9.10. The zero-order valence-electron chi connectivity index (χ0n) is 10.9. The highest BCUT2D eigenvalue weighted by Crippen LogP contribution is 2.38. The van der Waals surface area contributed by atoms with Crippen LogP contribution in [-0.2, 0) is 6.18 Å². The van der Waals surface area contributed by atoms with Crippen molar-refractivity contribution in [3.8, 4) is 17.2 Å².